The van der Waals surface area contributed by atoms with Gasteiger partial charge >= 0.3 is 0 Å². The van der Waals surface area contributed by atoms with E-state index in [0.29, 0.717) is 24.1 Å². The molecule has 0 fully saturated rings. The van der Waals surface area contributed by atoms with Gasteiger partial charge < -0.3 is 10.4 Å². The Balaban J connectivity index is 2.52. The summed E-state index contributed by atoms with van der Waals surface area (Å²) in [6, 6.07) is 9.49. The Morgan fingerprint density at radius 1 is 1.24 bits per heavy atom. The van der Waals surface area contributed by atoms with Crippen molar-refractivity contribution in [3.8, 4) is 6.07 Å². The van der Waals surface area contributed by atoms with E-state index in [9.17, 15) is 5.11 Å². The van der Waals surface area contributed by atoms with E-state index in [1.54, 1.807) is 24.3 Å². The summed E-state index contributed by atoms with van der Waals surface area (Å²) in [5, 5.41) is 21.9. The van der Waals surface area contributed by atoms with Gasteiger partial charge in [0.1, 0.15) is 0 Å². The van der Waals surface area contributed by atoms with Gasteiger partial charge in [-0.25, -0.2) is 0 Å². The SMILES string of the molecule is CC(C)C(C)NCC(O)c1ccc(C#N)cc1. The van der Waals surface area contributed by atoms with Gasteiger partial charge in [-0.15, -0.1) is 0 Å². The summed E-state index contributed by atoms with van der Waals surface area (Å²) in [4.78, 5) is 0. The van der Waals surface area contributed by atoms with Crippen molar-refractivity contribution >= 4 is 0 Å². The highest BCUT2D eigenvalue weighted by Gasteiger charge is 2.11. The fourth-order valence-electron chi connectivity index (χ4n) is 1.43. The Morgan fingerprint density at radius 3 is 2.29 bits per heavy atom. The first kappa shape index (κ1) is 13.7. The highest BCUT2D eigenvalue weighted by atomic mass is 16.3. The van der Waals surface area contributed by atoms with Crippen LogP contribution in [-0.2, 0) is 0 Å². The second-order valence-electron chi connectivity index (χ2n) is 4.69. The smallest absolute Gasteiger partial charge is 0.0991 e. The van der Waals surface area contributed by atoms with Crippen molar-refractivity contribution in [2.75, 3.05) is 6.54 Å². The lowest BCUT2D eigenvalue weighted by Gasteiger charge is -2.20. The molecule has 2 unspecified atom stereocenters. The average molecular weight is 232 g/mol. The summed E-state index contributed by atoms with van der Waals surface area (Å²) in [6.07, 6.45) is -0.524. The number of rotatable bonds is 5. The fourth-order valence-corrected chi connectivity index (χ4v) is 1.43. The summed E-state index contributed by atoms with van der Waals surface area (Å²) < 4.78 is 0. The number of nitrogens with one attached hydrogen (secondary N) is 1. The Bertz CT molecular complexity index is 378. The first-order valence-corrected chi connectivity index (χ1v) is 5.96. The molecule has 0 spiro atoms. The van der Waals surface area contributed by atoms with Gasteiger partial charge in [-0.3, -0.25) is 0 Å². The molecule has 0 aliphatic heterocycles. The van der Waals surface area contributed by atoms with Crippen LogP contribution in [0.3, 0.4) is 0 Å². The predicted octanol–water partition coefficient (Wildman–Crippen LogP) is 2.23. The number of benzene rings is 1. The molecule has 0 aromatic heterocycles. The molecule has 0 heterocycles. The highest BCUT2D eigenvalue weighted by Crippen LogP contribution is 2.13. The third kappa shape index (κ3) is 4.18. The van der Waals surface area contributed by atoms with Crippen LogP contribution in [-0.4, -0.2) is 17.7 Å². The third-order valence-corrected chi connectivity index (χ3v) is 3.06. The van der Waals surface area contributed by atoms with Gasteiger partial charge in [-0.1, -0.05) is 26.0 Å². The van der Waals surface area contributed by atoms with E-state index in [2.05, 4.69) is 32.2 Å². The molecule has 1 aromatic rings. The monoisotopic (exact) mass is 232 g/mol. The Kier molecular flexibility index (Phi) is 5.14. The van der Waals surface area contributed by atoms with Crippen LogP contribution in [0.2, 0.25) is 0 Å². The van der Waals surface area contributed by atoms with Gasteiger partial charge in [0.2, 0.25) is 0 Å². The van der Waals surface area contributed by atoms with Crippen LogP contribution < -0.4 is 5.32 Å². The standard InChI is InChI=1S/C14H20N2O/c1-10(2)11(3)16-9-14(17)13-6-4-12(8-15)5-7-13/h4-7,10-11,14,16-17H,9H2,1-3H3. The maximum absolute atomic E-state index is 9.97. The highest BCUT2D eigenvalue weighted by molar-refractivity contribution is 5.32. The zero-order chi connectivity index (χ0) is 12.8. The van der Waals surface area contributed by atoms with Crippen molar-refractivity contribution in [2.45, 2.75) is 32.9 Å². The molecule has 0 aliphatic rings. The normalized spacial score (nSPS) is 14.4. The Labute approximate surface area is 103 Å². The van der Waals surface area contributed by atoms with Crippen LogP contribution in [0.5, 0.6) is 0 Å². The molecule has 0 bridgehead atoms. The van der Waals surface area contributed by atoms with Gasteiger partial charge in [0.25, 0.3) is 0 Å². The number of nitriles is 1. The third-order valence-electron chi connectivity index (χ3n) is 3.06. The molecule has 2 N–H and O–H groups in total. The average Bonchev–Trinajstić information content (AvgIpc) is 2.35. The number of aliphatic hydroxyl groups excluding tert-OH is 1. The molecule has 2 atom stereocenters. The van der Waals surface area contributed by atoms with Crippen molar-refractivity contribution in [3.63, 3.8) is 0 Å². The molecular weight excluding hydrogens is 212 g/mol. The molecule has 0 aliphatic carbocycles. The predicted molar refractivity (Wildman–Crippen MR) is 68.4 cm³/mol. The molecule has 0 saturated heterocycles. The molecule has 0 amide bonds. The zero-order valence-corrected chi connectivity index (χ0v) is 10.6. The molecular formula is C14H20N2O. The minimum atomic E-state index is -0.524. The largest absolute Gasteiger partial charge is 0.387 e. The van der Waals surface area contributed by atoms with E-state index < -0.39 is 6.10 Å². The maximum Gasteiger partial charge on any atom is 0.0991 e. The van der Waals surface area contributed by atoms with Crippen molar-refractivity contribution in [2.24, 2.45) is 5.92 Å². The van der Waals surface area contributed by atoms with Gasteiger partial charge in [-0.2, -0.15) is 5.26 Å². The summed E-state index contributed by atoms with van der Waals surface area (Å²) in [5.41, 5.74) is 1.46. The van der Waals surface area contributed by atoms with Crippen molar-refractivity contribution < 1.29 is 5.11 Å². The minimum Gasteiger partial charge on any atom is -0.387 e. The summed E-state index contributed by atoms with van der Waals surface area (Å²) in [7, 11) is 0. The molecule has 1 rings (SSSR count). The number of nitrogens with zero attached hydrogens (tertiary/aromatic N) is 1. The van der Waals surface area contributed by atoms with E-state index >= 15 is 0 Å². The lowest BCUT2D eigenvalue weighted by atomic mass is 10.0. The molecule has 92 valence electrons. The topological polar surface area (TPSA) is 56.0 Å². The summed E-state index contributed by atoms with van der Waals surface area (Å²) in [5.74, 6) is 0.545. The van der Waals surface area contributed by atoms with Crippen LogP contribution >= 0.6 is 0 Å². The zero-order valence-electron chi connectivity index (χ0n) is 10.6. The Morgan fingerprint density at radius 2 is 1.82 bits per heavy atom. The van der Waals surface area contributed by atoms with Crippen molar-refractivity contribution in [3.05, 3.63) is 35.4 Å². The van der Waals surface area contributed by atoms with E-state index in [-0.39, 0.29) is 0 Å². The summed E-state index contributed by atoms with van der Waals surface area (Å²) in [6.45, 7) is 6.93. The van der Waals surface area contributed by atoms with Crippen LogP contribution in [0.25, 0.3) is 0 Å². The van der Waals surface area contributed by atoms with Crippen LogP contribution in [0.1, 0.15) is 38.0 Å². The molecule has 0 saturated carbocycles. The molecule has 1 aromatic carbocycles. The van der Waals surface area contributed by atoms with E-state index in [1.165, 1.54) is 0 Å². The number of hydrogen-bond donors (Lipinski definition) is 2. The minimum absolute atomic E-state index is 0.378. The number of hydrogen-bond acceptors (Lipinski definition) is 3. The van der Waals surface area contributed by atoms with Gasteiger partial charge in [-0.05, 0) is 30.5 Å². The van der Waals surface area contributed by atoms with Crippen molar-refractivity contribution in [1.82, 2.24) is 5.32 Å². The first-order valence-electron chi connectivity index (χ1n) is 5.96. The second kappa shape index (κ2) is 6.39. The fraction of sp³-hybridized carbons (Fsp3) is 0.500. The van der Waals surface area contributed by atoms with Gasteiger partial charge in [0.15, 0.2) is 0 Å². The van der Waals surface area contributed by atoms with Gasteiger partial charge in [0.05, 0.1) is 17.7 Å². The van der Waals surface area contributed by atoms with Crippen LogP contribution in [0.15, 0.2) is 24.3 Å². The lowest BCUT2D eigenvalue weighted by Crippen LogP contribution is -2.34. The van der Waals surface area contributed by atoms with E-state index in [0.717, 1.165) is 5.56 Å². The van der Waals surface area contributed by atoms with Crippen molar-refractivity contribution in [1.29, 1.82) is 5.26 Å². The quantitative estimate of drug-likeness (QED) is 0.818. The molecule has 3 nitrogen and oxygen atoms in total. The van der Waals surface area contributed by atoms with E-state index in [4.69, 9.17) is 5.26 Å². The lowest BCUT2D eigenvalue weighted by molar-refractivity contribution is 0.167. The van der Waals surface area contributed by atoms with Crippen LogP contribution in [0.4, 0.5) is 0 Å². The van der Waals surface area contributed by atoms with E-state index in [1.807, 2.05) is 0 Å². The molecule has 3 heteroatoms. The molecule has 17 heavy (non-hydrogen) atoms. The first-order chi connectivity index (χ1) is 8.04. The maximum atomic E-state index is 9.97. The van der Waals surface area contributed by atoms with Crippen LogP contribution in [0, 0.1) is 17.2 Å². The summed E-state index contributed by atoms with van der Waals surface area (Å²) >= 11 is 0. The van der Waals surface area contributed by atoms with Gasteiger partial charge in [0, 0.05) is 12.6 Å². The Hall–Kier alpha value is -1.37. The molecule has 0 radical (unpaired) electrons. The number of aliphatic hydroxyl groups is 1. The second-order valence-corrected chi connectivity index (χ2v) is 4.69.